The molecular weight excluding hydrogens is 504 g/mol. The van der Waals surface area contributed by atoms with Crippen LogP contribution < -0.4 is 25.6 Å². The number of sulfonamides is 1. The van der Waals surface area contributed by atoms with Gasteiger partial charge < -0.3 is 19.2 Å². The highest BCUT2D eigenvalue weighted by Gasteiger charge is 2.18. The van der Waals surface area contributed by atoms with E-state index in [-0.39, 0.29) is 4.90 Å². The summed E-state index contributed by atoms with van der Waals surface area (Å²) in [6, 6.07) is 28.0. The van der Waals surface area contributed by atoms with Gasteiger partial charge in [-0.05, 0) is 59.7 Å². The first-order valence-corrected chi connectivity index (χ1v) is 13.2. The summed E-state index contributed by atoms with van der Waals surface area (Å²) in [5, 5.41) is 9.14. The van der Waals surface area contributed by atoms with Crippen LogP contribution in [0.5, 0.6) is 11.5 Å². The minimum absolute atomic E-state index is 0.0175. The zero-order valence-corrected chi connectivity index (χ0v) is 21.2. The van der Waals surface area contributed by atoms with Gasteiger partial charge in [-0.2, -0.15) is 0 Å². The summed E-state index contributed by atoms with van der Waals surface area (Å²) in [7, 11) is -2.28. The lowest BCUT2D eigenvalue weighted by Crippen LogP contribution is -2.12. The van der Waals surface area contributed by atoms with Gasteiger partial charge in [-0.3, -0.25) is 0 Å². The van der Waals surface area contributed by atoms with Crippen molar-refractivity contribution in [2.24, 2.45) is 5.14 Å². The number of nitrogens with two attached hydrogens (primary N) is 1. The molecule has 5 aromatic rings. The average Bonchev–Trinajstić information content (AvgIpc) is 2.92. The van der Waals surface area contributed by atoms with Crippen molar-refractivity contribution in [1.82, 2.24) is 0 Å². The summed E-state index contributed by atoms with van der Waals surface area (Å²) in [5.74, 6) is 1.19. The van der Waals surface area contributed by atoms with Crippen molar-refractivity contribution in [2.75, 3.05) is 12.4 Å². The van der Waals surface area contributed by atoms with Crippen LogP contribution in [-0.2, 0) is 16.6 Å². The van der Waals surface area contributed by atoms with E-state index < -0.39 is 15.6 Å². The summed E-state index contributed by atoms with van der Waals surface area (Å²) >= 11 is 0. The molecule has 0 aliphatic rings. The van der Waals surface area contributed by atoms with E-state index in [1.807, 2.05) is 36.4 Å². The van der Waals surface area contributed by atoms with Gasteiger partial charge >= 0.3 is 5.63 Å². The highest BCUT2D eigenvalue weighted by atomic mass is 32.2. The van der Waals surface area contributed by atoms with Gasteiger partial charge in [-0.15, -0.1) is 0 Å². The highest BCUT2D eigenvalue weighted by Crippen LogP contribution is 2.36. The predicted octanol–water partition coefficient (Wildman–Crippen LogP) is 5.44. The van der Waals surface area contributed by atoms with Crippen LogP contribution in [0.2, 0.25) is 0 Å². The van der Waals surface area contributed by atoms with Gasteiger partial charge in [0.05, 0.1) is 23.3 Å². The summed E-state index contributed by atoms with van der Waals surface area (Å²) in [5.41, 5.74) is 2.79. The van der Waals surface area contributed by atoms with Crippen molar-refractivity contribution in [3.63, 3.8) is 0 Å². The van der Waals surface area contributed by atoms with E-state index >= 15 is 0 Å². The Balaban J connectivity index is 1.59. The molecule has 0 bridgehead atoms. The molecule has 0 amide bonds. The number of fused-ring (bicyclic) bond motifs is 1. The normalized spacial score (nSPS) is 11.3. The van der Waals surface area contributed by atoms with Crippen molar-refractivity contribution < 1.29 is 22.3 Å². The molecule has 8 nitrogen and oxygen atoms in total. The number of methoxy groups -OCH3 is 1. The molecule has 4 aromatic carbocycles. The first-order chi connectivity index (χ1) is 18.3. The largest absolute Gasteiger partial charge is 0.497 e. The second-order valence-electron chi connectivity index (χ2n) is 8.49. The van der Waals surface area contributed by atoms with E-state index in [2.05, 4.69) is 5.32 Å². The number of rotatable bonds is 8. The maximum absolute atomic E-state index is 13.3. The quantitative estimate of drug-likeness (QED) is 0.257. The highest BCUT2D eigenvalue weighted by molar-refractivity contribution is 7.89. The maximum Gasteiger partial charge on any atom is 0.346 e. The van der Waals surface area contributed by atoms with Crippen molar-refractivity contribution >= 4 is 32.4 Å². The van der Waals surface area contributed by atoms with Gasteiger partial charge in [0.25, 0.3) is 0 Å². The van der Waals surface area contributed by atoms with E-state index in [4.69, 9.17) is 19.0 Å². The van der Waals surface area contributed by atoms with E-state index in [1.54, 1.807) is 55.6 Å². The fraction of sp³-hybridized carbons (Fsp3) is 0.0690. The van der Waals surface area contributed by atoms with E-state index in [9.17, 15) is 13.2 Å². The lowest BCUT2D eigenvalue weighted by atomic mass is 10.0. The number of benzene rings is 4. The van der Waals surface area contributed by atoms with Crippen LogP contribution in [0.3, 0.4) is 0 Å². The predicted molar refractivity (Wildman–Crippen MR) is 146 cm³/mol. The number of hydrogen-bond acceptors (Lipinski definition) is 7. The van der Waals surface area contributed by atoms with Gasteiger partial charge in [0, 0.05) is 17.1 Å². The van der Waals surface area contributed by atoms with Crippen LogP contribution >= 0.6 is 0 Å². The molecule has 0 spiro atoms. The second-order valence-corrected chi connectivity index (χ2v) is 10.1. The molecule has 9 heteroatoms. The van der Waals surface area contributed by atoms with Gasteiger partial charge in [-0.25, -0.2) is 18.4 Å². The Hall–Kier alpha value is -4.60. The lowest BCUT2D eigenvalue weighted by Gasteiger charge is -2.15. The smallest absolute Gasteiger partial charge is 0.346 e. The Morgan fingerprint density at radius 2 is 1.55 bits per heavy atom. The molecule has 38 heavy (non-hydrogen) atoms. The van der Waals surface area contributed by atoms with Gasteiger partial charge in [0.2, 0.25) is 10.0 Å². The lowest BCUT2D eigenvalue weighted by molar-refractivity contribution is 0.306. The Kier molecular flexibility index (Phi) is 6.87. The molecule has 1 heterocycles. The summed E-state index contributed by atoms with van der Waals surface area (Å²) in [6.45, 7) is 0.363. The molecule has 0 aliphatic heterocycles. The summed E-state index contributed by atoms with van der Waals surface area (Å²) in [4.78, 5) is 13.3. The maximum atomic E-state index is 13.3. The van der Waals surface area contributed by atoms with Crippen molar-refractivity contribution in [2.45, 2.75) is 11.5 Å². The minimum atomic E-state index is -3.84. The summed E-state index contributed by atoms with van der Waals surface area (Å²) in [6.07, 6.45) is 0. The van der Waals surface area contributed by atoms with Crippen LogP contribution in [-0.4, -0.2) is 15.5 Å². The topological polar surface area (TPSA) is 121 Å². The molecule has 0 fully saturated rings. The van der Waals surface area contributed by atoms with Crippen LogP contribution in [0.25, 0.3) is 22.1 Å². The van der Waals surface area contributed by atoms with Crippen molar-refractivity contribution in [3.8, 4) is 22.6 Å². The Bertz CT molecular complexity index is 1750. The molecule has 0 saturated carbocycles. The fourth-order valence-electron chi connectivity index (χ4n) is 4.03. The molecule has 0 saturated heterocycles. The standard InChI is InChI=1S/C29H24N2O6S/c1-35-22-11-7-20(8-12-22)27-28(31-21-9-14-24(15-10-21)38(30,33)34)25-16-13-23(17-26(25)37-29(27)32)36-18-19-5-3-2-4-6-19/h2-17,31H,18H2,1H3,(H2,30,33,34). The third-order valence-electron chi connectivity index (χ3n) is 5.96. The van der Waals surface area contributed by atoms with Crippen LogP contribution in [0.1, 0.15) is 5.56 Å². The Labute approximate surface area is 219 Å². The number of ether oxygens (including phenoxy) is 2. The first kappa shape index (κ1) is 25.1. The molecule has 3 N–H and O–H groups in total. The monoisotopic (exact) mass is 528 g/mol. The fourth-order valence-corrected chi connectivity index (χ4v) is 4.55. The van der Waals surface area contributed by atoms with Gasteiger partial charge in [0.15, 0.2) is 0 Å². The van der Waals surface area contributed by atoms with Crippen LogP contribution in [0.4, 0.5) is 11.4 Å². The minimum Gasteiger partial charge on any atom is -0.497 e. The average molecular weight is 529 g/mol. The van der Waals surface area contributed by atoms with Gasteiger partial charge in [0.1, 0.15) is 23.7 Å². The molecule has 0 radical (unpaired) electrons. The number of nitrogens with one attached hydrogen (secondary N) is 1. The summed E-state index contributed by atoms with van der Waals surface area (Å²) < 4.78 is 40.2. The van der Waals surface area contributed by atoms with E-state index in [1.165, 1.54) is 12.1 Å². The molecule has 0 unspecified atom stereocenters. The number of hydrogen-bond donors (Lipinski definition) is 2. The van der Waals surface area contributed by atoms with E-state index in [0.29, 0.717) is 51.6 Å². The molecule has 1 aromatic heterocycles. The third kappa shape index (κ3) is 5.39. The van der Waals surface area contributed by atoms with Crippen LogP contribution in [0.15, 0.2) is 111 Å². The van der Waals surface area contributed by atoms with Crippen molar-refractivity contribution in [3.05, 3.63) is 113 Å². The zero-order valence-electron chi connectivity index (χ0n) is 20.4. The Morgan fingerprint density at radius 1 is 0.868 bits per heavy atom. The SMILES string of the molecule is COc1ccc(-c2c(Nc3ccc(S(N)(=O)=O)cc3)c3ccc(OCc4ccccc4)cc3oc2=O)cc1. The van der Waals surface area contributed by atoms with Gasteiger partial charge in [-0.1, -0.05) is 42.5 Å². The molecule has 0 atom stereocenters. The third-order valence-corrected chi connectivity index (χ3v) is 6.89. The molecular formula is C29H24N2O6S. The van der Waals surface area contributed by atoms with Crippen molar-refractivity contribution in [1.29, 1.82) is 0 Å². The second kappa shape index (κ2) is 10.4. The molecule has 192 valence electrons. The molecule has 5 rings (SSSR count). The zero-order chi connectivity index (χ0) is 26.7. The van der Waals surface area contributed by atoms with Crippen LogP contribution in [0, 0.1) is 0 Å². The number of primary sulfonamides is 1. The first-order valence-electron chi connectivity index (χ1n) is 11.6. The van der Waals surface area contributed by atoms with E-state index in [0.717, 1.165) is 5.56 Å². The Morgan fingerprint density at radius 3 is 2.21 bits per heavy atom. The molecule has 0 aliphatic carbocycles. The number of anilines is 2.